The number of halogens is 3. The number of hydrogen-bond donors (Lipinski definition) is 2. The fourth-order valence-electron chi connectivity index (χ4n) is 3.93. The third-order valence-corrected chi connectivity index (χ3v) is 6.99. The number of aromatic amines is 1. The van der Waals surface area contributed by atoms with Crippen molar-refractivity contribution in [2.45, 2.75) is 17.8 Å². The highest BCUT2D eigenvalue weighted by atomic mass is 32.2. The standard InChI is InChI=1S/C26H20F3N7O4S/c1-41(38,39)21-12-8-18(9-13-21)23-14-22(17-6-10-20(11-7-17)40-26(27,28)29)33-36(23)15-16-2-4-19(5-3-16)24(37)30-25-31-34-35-32-25/h2-14H,15H2,1H3,(H2,30,31,32,34,35,37). The molecule has 1 amide bonds. The summed E-state index contributed by atoms with van der Waals surface area (Å²) in [5.74, 6) is -0.752. The van der Waals surface area contributed by atoms with Gasteiger partial charge < -0.3 is 4.74 Å². The minimum atomic E-state index is -4.81. The summed E-state index contributed by atoms with van der Waals surface area (Å²) in [5, 5.41) is 20.1. The van der Waals surface area contributed by atoms with Crippen molar-refractivity contribution in [3.63, 3.8) is 0 Å². The second-order valence-corrected chi connectivity index (χ2v) is 10.8. The van der Waals surface area contributed by atoms with E-state index in [4.69, 9.17) is 0 Å². The van der Waals surface area contributed by atoms with Gasteiger partial charge in [-0.3, -0.25) is 14.8 Å². The number of aromatic nitrogens is 6. The molecular formula is C26H20F3N7O4S. The maximum atomic E-state index is 12.6. The zero-order valence-corrected chi connectivity index (χ0v) is 21.9. The molecule has 41 heavy (non-hydrogen) atoms. The molecule has 2 heterocycles. The summed E-state index contributed by atoms with van der Waals surface area (Å²) in [6, 6.07) is 20.1. The highest BCUT2D eigenvalue weighted by Crippen LogP contribution is 2.30. The van der Waals surface area contributed by atoms with Crippen LogP contribution in [0, 0.1) is 0 Å². The Balaban J connectivity index is 1.44. The van der Waals surface area contributed by atoms with Gasteiger partial charge in [-0.25, -0.2) is 8.42 Å². The van der Waals surface area contributed by atoms with Gasteiger partial charge in [0.05, 0.1) is 22.8 Å². The quantitative estimate of drug-likeness (QED) is 0.275. The lowest BCUT2D eigenvalue weighted by molar-refractivity contribution is -0.274. The van der Waals surface area contributed by atoms with Gasteiger partial charge in [-0.2, -0.15) is 10.3 Å². The Labute approximate surface area is 230 Å². The number of ether oxygens (including phenoxy) is 1. The summed E-state index contributed by atoms with van der Waals surface area (Å²) < 4.78 is 67.2. The Kier molecular flexibility index (Phi) is 7.28. The van der Waals surface area contributed by atoms with Gasteiger partial charge in [-0.15, -0.1) is 18.3 Å². The first-order valence-corrected chi connectivity index (χ1v) is 13.7. The molecule has 0 fully saturated rings. The molecule has 0 atom stereocenters. The van der Waals surface area contributed by atoms with Gasteiger partial charge in [-0.1, -0.05) is 29.4 Å². The normalized spacial score (nSPS) is 11.8. The molecule has 3 aromatic carbocycles. The Morgan fingerprint density at radius 1 is 0.976 bits per heavy atom. The fourth-order valence-corrected chi connectivity index (χ4v) is 4.56. The number of hydrogen-bond acceptors (Lipinski definition) is 8. The average molecular weight is 584 g/mol. The maximum Gasteiger partial charge on any atom is 0.573 e. The van der Waals surface area contributed by atoms with E-state index in [1.165, 1.54) is 36.4 Å². The van der Waals surface area contributed by atoms with Crippen molar-refractivity contribution < 1.29 is 31.1 Å². The molecular weight excluding hydrogens is 563 g/mol. The SMILES string of the molecule is CS(=O)(=O)c1ccc(-c2cc(-c3ccc(OC(F)(F)F)cc3)nn2Cc2ccc(C(=O)Nc3nn[nH]n3)cc2)cc1. The molecule has 0 aliphatic rings. The van der Waals surface area contributed by atoms with E-state index in [2.05, 4.69) is 35.8 Å². The second kappa shape index (κ2) is 10.8. The van der Waals surface area contributed by atoms with E-state index in [0.717, 1.165) is 11.8 Å². The van der Waals surface area contributed by atoms with Gasteiger partial charge in [0.15, 0.2) is 9.84 Å². The molecule has 0 spiro atoms. The second-order valence-electron chi connectivity index (χ2n) is 8.83. The van der Waals surface area contributed by atoms with Gasteiger partial charge in [-0.05, 0) is 70.9 Å². The summed E-state index contributed by atoms with van der Waals surface area (Å²) in [6.45, 7) is 0.269. The number of H-pyrrole nitrogens is 1. The Morgan fingerprint density at radius 3 is 2.22 bits per heavy atom. The number of anilines is 1. The van der Waals surface area contributed by atoms with Crippen LogP contribution in [0.1, 0.15) is 15.9 Å². The molecule has 5 rings (SSSR count). The molecule has 0 aliphatic heterocycles. The molecule has 0 radical (unpaired) electrons. The summed E-state index contributed by atoms with van der Waals surface area (Å²) in [6.07, 6.45) is -3.69. The average Bonchev–Trinajstić information content (AvgIpc) is 3.58. The van der Waals surface area contributed by atoms with Crippen LogP contribution >= 0.6 is 0 Å². The number of benzene rings is 3. The number of tetrazole rings is 1. The Bertz CT molecular complexity index is 1770. The summed E-state index contributed by atoms with van der Waals surface area (Å²) in [5.41, 5.74) is 3.47. The predicted molar refractivity (Wildman–Crippen MR) is 141 cm³/mol. The van der Waals surface area contributed by atoms with Gasteiger partial charge >= 0.3 is 6.36 Å². The molecule has 0 unspecified atom stereocenters. The number of alkyl halides is 3. The van der Waals surface area contributed by atoms with Crippen molar-refractivity contribution in [2.75, 3.05) is 11.6 Å². The van der Waals surface area contributed by atoms with E-state index >= 15 is 0 Å². The van der Waals surface area contributed by atoms with Crippen LogP contribution in [0.3, 0.4) is 0 Å². The van der Waals surface area contributed by atoms with Crippen LogP contribution in [-0.2, 0) is 16.4 Å². The smallest absolute Gasteiger partial charge is 0.406 e. The third-order valence-electron chi connectivity index (χ3n) is 5.86. The highest BCUT2D eigenvalue weighted by Gasteiger charge is 2.31. The van der Waals surface area contributed by atoms with Crippen LogP contribution in [0.25, 0.3) is 22.5 Å². The molecule has 11 nitrogen and oxygen atoms in total. The number of nitrogens with zero attached hydrogens (tertiary/aromatic N) is 5. The van der Waals surface area contributed by atoms with E-state index in [9.17, 15) is 26.4 Å². The number of amides is 1. The van der Waals surface area contributed by atoms with Gasteiger partial charge in [0.25, 0.3) is 11.9 Å². The molecule has 0 bridgehead atoms. The fraction of sp³-hybridized carbons (Fsp3) is 0.115. The van der Waals surface area contributed by atoms with Crippen LogP contribution in [0.2, 0.25) is 0 Å². The summed E-state index contributed by atoms with van der Waals surface area (Å²) >= 11 is 0. The molecule has 0 saturated carbocycles. The minimum Gasteiger partial charge on any atom is -0.406 e. The first-order chi connectivity index (χ1) is 19.4. The van der Waals surface area contributed by atoms with Crippen LogP contribution in [-0.4, -0.2) is 57.3 Å². The zero-order valence-electron chi connectivity index (χ0n) is 21.1. The largest absolute Gasteiger partial charge is 0.573 e. The van der Waals surface area contributed by atoms with E-state index in [1.807, 2.05) is 0 Å². The highest BCUT2D eigenvalue weighted by molar-refractivity contribution is 7.90. The van der Waals surface area contributed by atoms with E-state index < -0.39 is 22.1 Å². The molecule has 15 heteroatoms. The molecule has 210 valence electrons. The lowest BCUT2D eigenvalue weighted by Crippen LogP contribution is -2.16. The van der Waals surface area contributed by atoms with Crippen molar-refractivity contribution in [3.8, 4) is 28.3 Å². The lowest BCUT2D eigenvalue weighted by atomic mass is 10.1. The molecule has 0 aliphatic carbocycles. The number of rotatable bonds is 8. The molecule has 0 saturated heterocycles. The zero-order chi connectivity index (χ0) is 29.2. The topological polar surface area (TPSA) is 145 Å². The first kappa shape index (κ1) is 27.5. The summed E-state index contributed by atoms with van der Waals surface area (Å²) in [4.78, 5) is 12.6. The van der Waals surface area contributed by atoms with E-state index in [0.29, 0.717) is 28.1 Å². The van der Waals surface area contributed by atoms with E-state index in [-0.39, 0.29) is 23.1 Å². The van der Waals surface area contributed by atoms with Gasteiger partial charge in [0.1, 0.15) is 5.75 Å². The lowest BCUT2D eigenvalue weighted by Gasteiger charge is -2.09. The van der Waals surface area contributed by atoms with Crippen molar-refractivity contribution >= 4 is 21.7 Å². The third kappa shape index (κ3) is 6.75. The molecule has 2 aromatic heterocycles. The van der Waals surface area contributed by atoms with Crippen molar-refractivity contribution in [2.24, 2.45) is 0 Å². The van der Waals surface area contributed by atoms with Gasteiger partial charge in [0.2, 0.25) is 0 Å². The number of carbonyl (C=O) groups excluding carboxylic acids is 1. The molecule has 5 aromatic rings. The number of nitrogens with one attached hydrogen (secondary N) is 2. The monoisotopic (exact) mass is 583 g/mol. The maximum absolute atomic E-state index is 12.6. The Morgan fingerprint density at radius 2 is 1.63 bits per heavy atom. The first-order valence-electron chi connectivity index (χ1n) is 11.8. The van der Waals surface area contributed by atoms with Crippen molar-refractivity contribution in [3.05, 3.63) is 90.0 Å². The number of carbonyl (C=O) groups is 1. The minimum absolute atomic E-state index is 0.0349. The Hall–Kier alpha value is -5.05. The van der Waals surface area contributed by atoms with E-state index in [1.54, 1.807) is 47.1 Å². The van der Waals surface area contributed by atoms with Crippen molar-refractivity contribution in [1.82, 2.24) is 30.4 Å². The van der Waals surface area contributed by atoms with Crippen LogP contribution in [0.15, 0.2) is 83.8 Å². The van der Waals surface area contributed by atoms with Crippen LogP contribution in [0.5, 0.6) is 5.75 Å². The van der Waals surface area contributed by atoms with Crippen molar-refractivity contribution in [1.29, 1.82) is 0 Å². The predicted octanol–water partition coefficient (Wildman–Crippen LogP) is 4.33. The van der Waals surface area contributed by atoms with Crippen LogP contribution < -0.4 is 10.1 Å². The van der Waals surface area contributed by atoms with Gasteiger partial charge in [0, 0.05) is 17.4 Å². The molecule has 2 N–H and O–H groups in total. The summed E-state index contributed by atoms with van der Waals surface area (Å²) in [7, 11) is -3.40. The number of sulfone groups is 1. The van der Waals surface area contributed by atoms with Crippen LogP contribution in [0.4, 0.5) is 19.1 Å².